The van der Waals surface area contributed by atoms with Crippen molar-refractivity contribution in [2.45, 2.75) is 103 Å². The molecule has 3 aliphatic rings. The summed E-state index contributed by atoms with van der Waals surface area (Å²) < 4.78 is 31.9. The van der Waals surface area contributed by atoms with Crippen molar-refractivity contribution in [1.29, 1.82) is 0 Å². The van der Waals surface area contributed by atoms with Crippen LogP contribution in [0.5, 0.6) is 0 Å². The second kappa shape index (κ2) is 9.34. The number of hydrogen-bond acceptors (Lipinski definition) is 4. The molecule has 1 N–H and O–H groups in total. The van der Waals surface area contributed by atoms with Crippen LogP contribution in [0.4, 0.5) is 4.39 Å². The number of unbranched alkanes of at least 4 members (excludes halogenated alkanes) is 1. The lowest BCUT2D eigenvalue weighted by Gasteiger charge is -2.36. The fraction of sp³-hybridized carbons (Fsp3) is 0.909. The van der Waals surface area contributed by atoms with Gasteiger partial charge >= 0.3 is 0 Å². The van der Waals surface area contributed by atoms with Crippen LogP contribution in [0.1, 0.15) is 72.1 Å². The summed E-state index contributed by atoms with van der Waals surface area (Å²) in [7, 11) is 0. The first kappa shape index (κ1) is 21.2. The van der Waals surface area contributed by atoms with E-state index in [0.717, 1.165) is 58.0 Å². The molecule has 2 aliphatic heterocycles. The molecule has 1 saturated carbocycles. The van der Waals surface area contributed by atoms with Crippen LogP contribution in [0, 0.1) is 17.3 Å². The molecule has 2 saturated heterocycles. The first-order valence-corrected chi connectivity index (χ1v) is 10.9. The average molecular weight is 385 g/mol. The molecule has 3 fully saturated rings. The number of aliphatic hydroxyl groups excluding tert-OH is 1. The third kappa shape index (κ3) is 5.11. The number of rotatable bonds is 8. The molecule has 1 aliphatic carbocycles. The number of fused-ring (bicyclic) bond motifs is 1. The minimum Gasteiger partial charge on any atom is -0.366 e. The maximum atomic E-state index is 14.4. The molecule has 7 atom stereocenters. The Labute approximate surface area is 163 Å². The number of aliphatic hydroxyl groups is 1. The molecule has 3 unspecified atom stereocenters. The van der Waals surface area contributed by atoms with Gasteiger partial charge in [-0.3, -0.25) is 0 Å². The van der Waals surface area contributed by atoms with Crippen LogP contribution in [0.2, 0.25) is 0 Å². The lowest BCUT2D eigenvalue weighted by Crippen LogP contribution is -2.36. The van der Waals surface area contributed by atoms with Crippen molar-refractivity contribution in [1.82, 2.24) is 0 Å². The maximum Gasteiger partial charge on any atom is 0.186 e. The zero-order valence-corrected chi connectivity index (χ0v) is 17.1. The first-order chi connectivity index (χ1) is 12.9. The predicted molar refractivity (Wildman–Crippen MR) is 103 cm³/mol. The van der Waals surface area contributed by atoms with Gasteiger partial charge in [0.1, 0.15) is 0 Å². The van der Waals surface area contributed by atoms with E-state index in [4.69, 9.17) is 14.2 Å². The van der Waals surface area contributed by atoms with Crippen LogP contribution in [0.3, 0.4) is 0 Å². The quantitative estimate of drug-likeness (QED) is 0.614. The Bertz CT molecular complexity index is 487. The molecule has 0 spiro atoms. The highest BCUT2D eigenvalue weighted by atomic mass is 19.1. The molecule has 156 valence electrons. The van der Waals surface area contributed by atoms with Crippen molar-refractivity contribution in [3.8, 4) is 0 Å². The lowest BCUT2D eigenvalue weighted by molar-refractivity contribution is -0.197. The van der Waals surface area contributed by atoms with Gasteiger partial charge in [0.25, 0.3) is 0 Å². The van der Waals surface area contributed by atoms with E-state index in [-0.39, 0.29) is 35.7 Å². The van der Waals surface area contributed by atoms with E-state index >= 15 is 0 Å². The Morgan fingerprint density at radius 1 is 1.26 bits per heavy atom. The van der Waals surface area contributed by atoms with Crippen LogP contribution in [0.15, 0.2) is 12.2 Å². The van der Waals surface area contributed by atoms with Crippen molar-refractivity contribution in [3.05, 3.63) is 12.2 Å². The topological polar surface area (TPSA) is 47.9 Å². The highest BCUT2D eigenvalue weighted by molar-refractivity contribution is 5.07. The minimum atomic E-state index is -1.29. The van der Waals surface area contributed by atoms with Gasteiger partial charge in [0.2, 0.25) is 0 Å². The molecule has 2 heterocycles. The fourth-order valence-electron chi connectivity index (χ4n) is 4.78. The maximum absolute atomic E-state index is 14.4. The van der Waals surface area contributed by atoms with E-state index in [1.54, 1.807) is 0 Å². The highest BCUT2D eigenvalue weighted by Gasteiger charge is 2.50. The summed E-state index contributed by atoms with van der Waals surface area (Å²) in [5, 5.41) is 9.68. The van der Waals surface area contributed by atoms with Gasteiger partial charge < -0.3 is 19.3 Å². The van der Waals surface area contributed by atoms with Gasteiger partial charge in [-0.25, -0.2) is 4.39 Å². The van der Waals surface area contributed by atoms with Crippen LogP contribution in [-0.4, -0.2) is 42.7 Å². The third-order valence-electron chi connectivity index (χ3n) is 6.58. The van der Waals surface area contributed by atoms with Gasteiger partial charge in [0, 0.05) is 12.5 Å². The Morgan fingerprint density at radius 3 is 2.78 bits per heavy atom. The number of hydrogen-bond donors (Lipinski definition) is 1. The second-order valence-electron chi connectivity index (χ2n) is 9.16. The van der Waals surface area contributed by atoms with E-state index in [1.807, 2.05) is 0 Å². The summed E-state index contributed by atoms with van der Waals surface area (Å²) in [5.74, 6) is -0.135. The van der Waals surface area contributed by atoms with E-state index in [9.17, 15) is 9.50 Å². The highest BCUT2D eigenvalue weighted by Crippen LogP contribution is 2.45. The van der Waals surface area contributed by atoms with Crippen molar-refractivity contribution < 1.29 is 23.7 Å². The smallest absolute Gasteiger partial charge is 0.186 e. The molecule has 0 amide bonds. The Balaban J connectivity index is 1.69. The van der Waals surface area contributed by atoms with Gasteiger partial charge in [-0.15, -0.1) is 0 Å². The molecule has 0 aromatic rings. The van der Waals surface area contributed by atoms with Gasteiger partial charge in [-0.2, -0.15) is 0 Å². The fourth-order valence-corrected chi connectivity index (χ4v) is 4.78. The summed E-state index contributed by atoms with van der Waals surface area (Å²) >= 11 is 0. The summed E-state index contributed by atoms with van der Waals surface area (Å²) in [6, 6.07) is 0. The third-order valence-corrected chi connectivity index (χ3v) is 6.58. The molecule has 4 nitrogen and oxygen atoms in total. The summed E-state index contributed by atoms with van der Waals surface area (Å²) in [6.07, 6.45) is 9.65. The van der Waals surface area contributed by atoms with Crippen LogP contribution >= 0.6 is 0 Å². The normalized spacial score (nSPS) is 38.4. The SMILES string of the molecule is CCCCC(C)(C)C(C=C[C@@H]1CC[C@H]2OC(O)[C@H](F)[C@@H]12)OC1CCCCO1. The van der Waals surface area contributed by atoms with Crippen molar-refractivity contribution >= 4 is 0 Å². The monoisotopic (exact) mass is 384 g/mol. The van der Waals surface area contributed by atoms with Gasteiger partial charge in [0.15, 0.2) is 18.8 Å². The Hall–Kier alpha value is -0.490. The molecule has 27 heavy (non-hydrogen) atoms. The summed E-state index contributed by atoms with van der Waals surface area (Å²) in [5.41, 5.74) is -0.00781. The number of ether oxygens (including phenoxy) is 3. The van der Waals surface area contributed by atoms with Gasteiger partial charge in [0.05, 0.1) is 12.2 Å². The van der Waals surface area contributed by atoms with E-state index < -0.39 is 12.5 Å². The zero-order valence-electron chi connectivity index (χ0n) is 17.1. The molecule has 5 heteroatoms. The Kier molecular flexibility index (Phi) is 7.34. The van der Waals surface area contributed by atoms with Crippen LogP contribution in [0.25, 0.3) is 0 Å². The van der Waals surface area contributed by atoms with E-state index in [1.165, 1.54) is 0 Å². The number of alkyl halides is 1. The lowest BCUT2D eigenvalue weighted by atomic mass is 9.80. The van der Waals surface area contributed by atoms with Crippen molar-refractivity contribution in [2.75, 3.05) is 6.61 Å². The average Bonchev–Trinajstić information content (AvgIpc) is 3.17. The standard InChI is InChI=1S/C22H37FO4/c1-4-5-13-22(2,3)17(27-18-8-6-7-14-25-18)12-10-15-9-11-16-19(15)20(23)21(24)26-16/h10,12,15-21,24H,4-9,11,13-14H2,1-3H3/t15-,16+,17?,18?,19-,20+,21?/m0/s1. The molecule has 3 rings (SSSR count). The first-order valence-electron chi connectivity index (χ1n) is 10.9. The molecular weight excluding hydrogens is 347 g/mol. The Morgan fingerprint density at radius 2 is 2.07 bits per heavy atom. The summed E-state index contributed by atoms with van der Waals surface area (Å²) in [6.45, 7) is 7.47. The second-order valence-corrected chi connectivity index (χ2v) is 9.16. The van der Waals surface area contributed by atoms with Crippen LogP contribution < -0.4 is 0 Å². The largest absolute Gasteiger partial charge is 0.366 e. The summed E-state index contributed by atoms with van der Waals surface area (Å²) in [4.78, 5) is 0. The van der Waals surface area contributed by atoms with Gasteiger partial charge in [-0.05, 0) is 49.9 Å². The zero-order chi connectivity index (χ0) is 19.4. The molecular formula is C22H37FO4. The van der Waals surface area contributed by atoms with Crippen molar-refractivity contribution in [3.63, 3.8) is 0 Å². The molecule has 0 bridgehead atoms. The molecule has 0 aromatic carbocycles. The minimum absolute atomic E-state index is 0.00781. The van der Waals surface area contributed by atoms with Crippen molar-refractivity contribution in [2.24, 2.45) is 17.3 Å². The van der Waals surface area contributed by atoms with Crippen LogP contribution in [-0.2, 0) is 14.2 Å². The number of allylic oxidation sites excluding steroid dienone is 1. The molecule has 0 aromatic heterocycles. The van der Waals surface area contributed by atoms with Gasteiger partial charge in [-0.1, -0.05) is 45.8 Å². The predicted octanol–water partition coefficient (Wildman–Crippen LogP) is 4.75. The molecule has 0 radical (unpaired) electrons. The number of halogens is 1. The van der Waals surface area contributed by atoms with E-state index in [0.29, 0.717) is 0 Å². The van der Waals surface area contributed by atoms with E-state index in [2.05, 4.69) is 32.9 Å².